The number of hydrogen-bond donors (Lipinski definition) is 0. The summed E-state index contributed by atoms with van der Waals surface area (Å²) in [7, 11) is 0. The minimum Gasteiger partial charge on any atom is -0.491 e. The molecule has 5 rings (SSSR count). The van der Waals surface area contributed by atoms with E-state index >= 15 is 0 Å². The summed E-state index contributed by atoms with van der Waals surface area (Å²) in [5.74, 6) is 1.32. The van der Waals surface area contributed by atoms with Crippen LogP contribution in [0.3, 0.4) is 0 Å². The summed E-state index contributed by atoms with van der Waals surface area (Å²) in [6.45, 7) is 5.75. The van der Waals surface area contributed by atoms with Gasteiger partial charge in [-0.2, -0.15) is 0 Å². The molecule has 3 heterocycles. The molecule has 2 amide bonds. The molecule has 0 N–H and O–H groups in total. The zero-order chi connectivity index (χ0) is 23.7. The number of thiophene rings is 1. The third-order valence-corrected chi connectivity index (χ3v) is 7.66. The number of benzene rings is 1. The molecule has 0 saturated heterocycles. The van der Waals surface area contributed by atoms with Crippen molar-refractivity contribution in [2.45, 2.75) is 39.2 Å². The van der Waals surface area contributed by atoms with Crippen LogP contribution in [0.15, 0.2) is 52.5 Å². The van der Waals surface area contributed by atoms with E-state index in [0.717, 1.165) is 36.1 Å². The van der Waals surface area contributed by atoms with E-state index in [0.29, 0.717) is 25.6 Å². The zero-order valence-electron chi connectivity index (χ0n) is 19.7. The summed E-state index contributed by atoms with van der Waals surface area (Å²) >= 11 is 1.73. The van der Waals surface area contributed by atoms with Crippen molar-refractivity contribution in [3.63, 3.8) is 0 Å². The van der Waals surface area contributed by atoms with Crippen LogP contribution in [0.1, 0.15) is 51.0 Å². The van der Waals surface area contributed by atoms with E-state index in [-0.39, 0.29) is 30.2 Å². The normalized spacial score (nSPS) is 17.4. The molecule has 1 aliphatic heterocycles. The first-order valence-electron chi connectivity index (χ1n) is 11.9. The van der Waals surface area contributed by atoms with Crippen LogP contribution in [0.4, 0.5) is 0 Å². The molecule has 1 fully saturated rings. The summed E-state index contributed by atoms with van der Waals surface area (Å²) in [4.78, 5) is 31.5. The number of rotatable bonds is 8. The highest BCUT2D eigenvalue weighted by Crippen LogP contribution is 2.35. The topological polar surface area (TPSA) is 63.0 Å². The van der Waals surface area contributed by atoms with E-state index in [9.17, 15) is 9.59 Å². The quantitative estimate of drug-likeness (QED) is 0.456. The average Bonchev–Trinajstić information content (AvgIpc) is 3.26. The lowest BCUT2D eigenvalue weighted by Gasteiger charge is -2.37. The molecule has 2 aliphatic rings. The predicted molar refractivity (Wildman–Crippen MR) is 131 cm³/mol. The molecule has 0 radical (unpaired) electrons. The van der Waals surface area contributed by atoms with Gasteiger partial charge in [-0.1, -0.05) is 17.7 Å². The van der Waals surface area contributed by atoms with Gasteiger partial charge in [0, 0.05) is 18.0 Å². The van der Waals surface area contributed by atoms with E-state index < -0.39 is 0 Å². The second kappa shape index (κ2) is 9.66. The van der Waals surface area contributed by atoms with Gasteiger partial charge in [-0.3, -0.25) is 9.59 Å². The first-order chi connectivity index (χ1) is 16.5. The number of hydrogen-bond acceptors (Lipinski definition) is 5. The highest BCUT2D eigenvalue weighted by molar-refractivity contribution is 7.10. The first kappa shape index (κ1) is 22.7. The van der Waals surface area contributed by atoms with Crippen molar-refractivity contribution >= 4 is 23.2 Å². The number of amides is 2. The Balaban J connectivity index is 1.34. The Bertz CT molecular complexity index is 1170. The molecule has 2 aromatic heterocycles. The molecule has 1 aliphatic carbocycles. The van der Waals surface area contributed by atoms with Gasteiger partial charge in [0.05, 0.1) is 12.3 Å². The van der Waals surface area contributed by atoms with Gasteiger partial charge in [0.25, 0.3) is 5.91 Å². The number of carbonyl (C=O) groups excluding carboxylic acids is 2. The molecular formula is C27H30N2O4S. The van der Waals surface area contributed by atoms with Crippen molar-refractivity contribution in [2.24, 2.45) is 5.92 Å². The van der Waals surface area contributed by atoms with Crippen LogP contribution in [0, 0.1) is 19.8 Å². The van der Waals surface area contributed by atoms with Gasteiger partial charge in [0.15, 0.2) is 5.76 Å². The lowest BCUT2D eigenvalue weighted by Crippen LogP contribution is -2.48. The SMILES string of the molecule is Cc1ccc(OCC2c3ccsc3CCN2C(=O)CN(CC2CC2)C(=O)c2ccco2)c(C)c1. The van der Waals surface area contributed by atoms with Crippen LogP contribution in [0.2, 0.25) is 0 Å². The Morgan fingerprint density at radius 1 is 1.21 bits per heavy atom. The van der Waals surface area contributed by atoms with Gasteiger partial charge >= 0.3 is 0 Å². The molecule has 1 saturated carbocycles. The second-order valence-corrected chi connectivity index (χ2v) is 10.3. The van der Waals surface area contributed by atoms with Gasteiger partial charge in [0.1, 0.15) is 18.9 Å². The standard InChI is InChI=1S/C27H30N2O4S/c1-18-5-8-23(19(2)14-18)33-17-22-21-10-13-34-25(21)9-11-29(22)26(30)16-28(15-20-6-7-20)27(31)24-4-3-12-32-24/h3-5,8,10,12-14,20,22H,6-7,9,11,15-17H2,1-2H3. The zero-order valence-corrected chi connectivity index (χ0v) is 20.5. The number of carbonyl (C=O) groups is 2. The Morgan fingerprint density at radius 3 is 2.79 bits per heavy atom. The summed E-state index contributed by atoms with van der Waals surface area (Å²) in [5, 5.41) is 2.09. The Labute approximate surface area is 204 Å². The maximum absolute atomic E-state index is 13.6. The Hall–Kier alpha value is -3.06. The molecule has 7 heteroatoms. The van der Waals surface area contributed by atoms with Gasteiger partial charge < -0.3 is 19.0 Å². The van der Waals surface area contributed by atoms with Crippen LogP contribution in [0.5, 0.6) is 5.75 Å². The molecule has 6 nitrogen and oxygen atoms in total. The van der Waals surface area contributed by atoms with Crippen LogP contribution in [-0.2, 0) is 11.2 Å². The van der Waals surface area contributed by atoms with Gasteiger partial charge in [-0.25, -0.2) is 0 Å². The fourth-order valence-corrected chi connectivity index (χ4v) is 5.57. The van der Waals surface area contributed by atoms with E-state index in [4.69, 9.17) is 9.15 Å². The molecule has 34 heavy (non-hydrogen) atoms. The maximum Gasteiger partial charge on any atom is 0.290 e. The molecular weight excluding hydrogens is 448 g/mol. The fourth-order valence-electron chi connectivity index (χ4n) is 4.65. The third kappa shape index (κ3) is 4.89. The van der Waals surface area contributed by atoms with Crippen molar-refractivity contribution in [1.29, 1.82) is 0 Å². The molecule has 1 unspecified atom stereocenters. The van der Waals surface area contributed by atoms with E-state index in [1.165, 1.54) is 16.7 Å². The predicted octanol–water partition coefficient (Wildman–Crippen LogP) is 5.02. The van der Waals surface area contributed by atoms with Crippen molar-refractivity contribution in [2.75, 3.05) is 26.2 Å². The Morgan fingerprint density at radius 2 is 2.06 bits per heavy atom. The van der Waals surface area contributed by atoms with Crippen molar-refractivity contribution < 1.29 is 18.7 Å². The van der Waals surface area contributed by atoms with Crippen LogP contribution >= 0.6 is 11.3 Å². The number of furan rings is 1. The number of ether oxygens (including phenoxy) is 1. The van der Waals surface area contributed by atoms with E-state index in [1.54, 1.807) is 28.4 Å². The minimum atomic E-state index is -0.221. The summed E-state index contributed by atoms with van der Waals surface area (Å²) < 4.78 is 11.6. The van der Waals surface area contributed by atoms with Gasteiger partial charge in [-0.05, 0) is 79.8 Å². The number of aryl methyl sites for hydroxylation is 2. The maximum atomic E-state index is 13.6. The minimum absolute atomic E-state index is 0.0494. The van der Waals surface area contributed by atoms with Crippen LogP contribution in [-0.4, -0.2) is 47.9 Å². The van der Waals surface area contributed by atoms with Crippen LogP contribution < -0.4 is 4.74 Å². The lowest BCUT2D eigenvalue weighted by atomic mass is 10.00. The van der Waals surface area contributed by atoms with Gasteiger partial charge in [0.2, 0.25) is 5.91 Å². The van der Waals surface area contributed by atoms with Crippen molar-refractivity contribution in [1.82, 2.24) is 9.80 Å². The first-order valence-corrected chi connectivity index (χ1v) is 12.8. The monoisotopic (exact) mass is 478 g/mol. The second-order valence-electron chi connectivity index (χ2n) is 9.34. The Kier molecular flexibility index (Phi) is 6.46. The van der Waals surface area contributed by atoms with Crippen molar-refractivity contribution in [3.8, 4) is 5.75 Å². The van der Waals surface area contributed by atoms with Gasteiger partial charge in [-0.15, -0.1) is 11.3 Å². The highest BCUT2D eigenvalue weighted by Gasteiger charge is 2.35. The molecule has 178 valence electrons. The third-order valence-electron chi connectivity index (χ3n) is 6.66. The largest absolute Gasteiger partial charge is 0.491 e. The molecule has 0 spiro atoms. The fraction of sp³-hybridized carbons (Fsp3) is 0.407. The summed E-state index contributed by atoms with van der Waals surface area (Å²) in [6.07, 6.45) is 4.52. The molecule has 1 aromatic carbocycles. The van der Waals surface area contributed by atoms with E-state index in [2.05, 4.69) is 24.4 Å². The van der Waals surface area contributed by atoms with E-state index in [1.807, 2.05) is 24.0 Å². The summed E-state index contributed by atoms with van der Waals surface area (Å²) in [5.41, 5.74) is 3.43. The number of fused-ring (bicyclic) bond motifs is 1. The average molecular weight is 479 g/mol. The molecule has 0 bridgehead atoms. The number of nitrogens with zero attached hydrogens (tertiary/aromatic N) is 2. The summed E-state index contributed by atoms with van der Waals surface area (Å²) in [6, 6.07) is 11.4. The van der Waals surface area contributed by atoms with Crippen molar-refractivity contribution in [3.05, 3.63) is 75.4 Å². The molecule has 3 aromatic rings. The van der Waals surface area contributed by atoms with Crippen LogP contribution in [0.25, 0.3) is 0 Å². The highest BCUT2D eigenvalue weighted by atomic mass is 32.1. The molecule has 1 atom stereocenters. The smallest absolute Gasteiger partial charge is 0.290 e. The lowest BCUT2D eigenvalue weighted by molar-refractivity contribution is -0.135.